The fraction of sp³-hybridized carbons (Fsp3) is 0.367. The maximum Gasteiger partial charge on any atom is 0.410 e. The fourth-order valence-electron chi connectivity index (χ4n) is 5.49. The number of likely N-dealkylation sites (tertiary alicyclic amines) is 1. The topological polar surface area (TPSA) is 100 Å². The average molecular weight is 540 g/mol. The third-order valence-corrected chi connectivity index (χ3v) is 7.43. The van der Waals surface area contributed by atoms with Gasteiger partial charge in [0.1, 0.15) is 5.60 Å². The normalized spacial score (nSPS) is 16.1. The lowest BCUT2D eigenvalue weighted by Gasteiger charge is -2.34. The number of pyridine rings is 2. The first-order valence-electron chi connectivity index (χ1n) is 13.5. The number of hydrogen-bond donors (Lipinski definition) is 0. The van der Waals surface area contributed by atoms with E-state index < -0.39 is 5.60 Å². The van der Waals surface area contributed by atoms with Gasteiger partial charge in [-0.3, -0.25) is 23.8 Å². The summed E-state index contributed by atoms with van der Waals surface area (Å²) in [5.41, 5.74) is 5.45. The molecule has 0 aliphatic carbocycles. The number of aryl methyl sites for hydroxylation is 2. The van der Waals surface area contributed by atoms with Gasteiger partial charge in [0.15, 0.2) is 0 Å². The van der Waals surface area contributed by atoms with Gasteiger partial charge in [-0.15, -0.1) is 0 Å². The van der Waals surface area contributed by atoms with Gasteiger partial charge in [0, 0.05) is 56.1 Å². The van der Waals surface area contributed by atoms with Crippen molar-refractivity contribution in [1.29, 1.82) is 0 Å². The zero-order valence-electron chi connectivity index (χ0n) is 23.5. The van der Waals surface area contributed by atoms with Crippen molar-refractivity contribution in [3.63, 3.8) is 0 Å². The van der Waals surface area contributed by atoms with Crippen LogP contribution < -0.4 is 5.69 Å². The van der Waals surface area contributed by atoms with Crippen LogP contribution in [0.1, 0.15) is 39.7 Å². The molecule has 1 saturated heterocycles. The summed E-state index contributed by atoms with van der Waals surface area (Å²) >= 11 is 0. The van der Waals surface area contributed by atoms with Crippen LogP contribution in [-0.2, 0) is 18.8 Å². The minimum absolute atomic E-state index is 0.117. The van der Waals surface area contributed by atoms with Crippen LogP contribution in [0, 0.1) is 0 Å². The van der Waals surface area contributed by atoms with Gasteiger partial charge in [0.2, 0.25) is 0 Å². The molecule has 1 atom stereocenters. The van der Waals surface area contributed by atoms with Crippen molar-refractivity contribution in [3.05, 3.63) is 65.6 Å². The highest BCUT2D eigenvalue weighted by molar-refractivity contribution is 6.04. The van der Waals surface area contributed by atoms with E-state index in [1.807, 2.05) is 69.0 Å². The molecule has 1 amide bonds. The molecule has 0 radical (unpaired) electrons. The van der Waals surface area contributed by atoms with Crippen molar-refractivity contribution in [2.75, 3.05) is 13.1 Å². The smallest absolute Gasteiger partial charge is 0.410 e. The summed E-state index contributed by atoms with van der Waals surface area (Å²) in [5, 5.41) is 5.12. The number of rotatable bonds is 3. The first kappa shape index (κ1) is 25.8. The molecule has 10 heteroatoms. The molecule has 0 N–H and O–H groups in total. The predicted octanol–water partition coefficient (Wildman–Crippen LogP) is 4.92. The number of nitrogens with zero attached hydrogens (tertiary/aromatic N) is 7. The number of hydrogen-bond acceptors (Lipinski definition) is 6. The largest absolute Gasteiger partial charge is 0.444 e. The number of aromatic nitrogens is 6. The fourth-order valence-corrected chi connectivity index (χ4v) is 5.49. The van der Waals surface area contributed by atoms with E-state index in [2.05, 4.69) is 21.1 Å². The molecule has 4 aromatic heterocycles. The van der Waals surface area contributed by atoms with Crippen LogP contribution in [0.15, 0.2) is 59.9 Å². The molecule has 6 rings (SSSR count). The van der Waals surface area contributed by atoms with Crippen molar-refractivity contribution in [3.8, 4) is 22.4 Å². The summed E-state index contributed by atoms with van der Waals surface area (Å²) < 4.78 is 10.9. The Morgan fingerprint density at radius 3 is 2.50 bits per heavy atom. The van der Waals surface area contributed by atoms with E-state index in [0.29, 0.717) is 13.1 Å². The van der Waals surface area contributed by atoms with Crippen LogP contribution in [0.25, 0.3) is 44.3 Å². The van der Waals surface area contributed by atoms with E-state index in [1.54, 1.807) is 33.6 Å². The molecule has 10 nitrogen and oxygen atoms in total. The molecule has 1 aromatic carbocycles. The molecule has 0 saturated carbocycles. The first-order valence-corrected chi connectivity index (χ1v) is 13.5. The van der Waals surface area contributed by atoms with E-state index in [-0.39, 0.29) is 17.8 Å². The van der Waals surface area contributed by atoms with Gasteiger partial charge in [-0.05, 0) is 57.4 Å². The maximum absolute atomic E-state index is 13.6. The second-order valence-corrected chi connectivity index (χ2v) is 11.5. The standard InChI is InChI=1S/C30H33N7O3/c1-30(2,3)40-29(39)36-12-6-7-22(18-36)37-27-23-13-19(8-11-25(23)32-16-26(27)35(5)28(37)38)20-9-10-24(31-14-20)21-15-33-34(4)17-21/h8-11,13-17,22H,6-7,12,18H2,1-5H3/t22-/m1/s1. The Hall–Kier alpha value is -4.47. The number of amides is 1. The molecule has 5 heterocycles. The number of piperidine rings is 1. The minimum Gasteiger partial charge on any atom is -0.444 e. The summed E-state index contributed by atoms with van der Waals surface area (Å²) in [7, 11) is 3.65. The van der Waals surface area contributed by atoms with E-state index in [0.717, 1.165) is 57.2 Å². The number of benzene rings is 1. The Morgan fingerprint density at radius 2 is 1.80 bits per heavy atom. The number of fused-ring (bicyclic) bond motifs is 3. The molecule has 1 aliphatic rings. The first-order chi connectivity index (χ1) is 19.1. The molecule has 206 valence electrons. The van der Waals surface area contributed by atoms with Crippen molar-refractivity contribution >= 4 is 28.0 Å². The van der Waals surface area contributed by atoms with Gasteiger partial charge in [-0.1, -0.05) is 12.1 Å². The third kappa shape index (κ3) is 4.63. The van der Waals surface area contributed by atoms with Gasteiger partial charge >= 0.3 is 11.8 Å². The van der Waals surface area contributed by atoms with E-state index >= 15 is 0 Å². The SMILES string of the molecule is Cn1cc(-c2ccc(-c3ccc4ncc5c(c4c3)n([C@@H]3CCCN(C(=O)OC(C)(C)C)C3)c(=O)n5C)cn2)cn1. The van der Waals surface area contributed by atoms with E-state index in [9.17, 15) is 9.59 Å². The summed E-state index contributed by atoms with van der Waals surface area (Å²) in [4.78, 5) is 37.5. The van der Waals surface area contributed by atoms with Gasteiger partial charge in [0.25, 0.3) is 0 Å². The van der Waals surface area contributed by atoms with Gasteiger partial charge in [-0.2, -0.15) is 5.10 Å². The molecule has 40 heavy (non-hydrogen) atoms. The second kappa shape index (κ2) is 9.62. The van der Waals surface area contributed by atoms with Gasteiger partial charge in [-0.25, -0.2) is 9.59 Å². The molecule has 1 aliphatic heterocycles. The number of ether oxygens (including phenoxy) is 1. The minimum atomic E-state index is -0.580. The Labute approximate surface area is 231 Å². The van der Waals surface area contributed by atoms with Crippen molar-refractivity contribution in [2.24, 2.45) is 14.1 Å². The molecule has 0 unspecified atom stereocenters. The van der Waals surface area contributed by atoms with Crippen molar-refractivity contribution < 1.29 is 9.53 Å². The Bertz CT molecular complexity index is 1790. The van der Waals surface area contributed by atoms with Crippen LogP contribution in [0.2, 0.25) is 0 Å². The maximum atomic E-state index is 13.6. The lowest BCUT2D eigenvalue weighted by Crippen LogP contribution is -2.45. The quantitative estimate of drug-likeness (QED) is 0.323. The highest BCUT2D eigenvalue weighted by atomic mass is 16.6. The highest BCUT2D eigenvalue weighted by Gasteiger charge is 2.31. The summed E-state index contributed by atoms with van der Waals surface area (Å²) in [6.45, 7) is 6.61. The molecule has 1 fully saturated rings. The summed E-state index contributed by atoms with van der Waals surface area (Å²) in [5.74, 6) is 0. The molecule has 0 spiro atoms. The van der Waals surface area contributed by atoms with E-state index in [1.165, 1.54) is 0 Å². The monoisotopic (exact) mass is 539 g/mol. The van der Waals surface area contributed by atoms with Crippen LogP contribution in [0.3, 0.4) is 0 Å². The lowest BCUT2D eigenvalue weighted by molar-refractivity contribution is 0.0173. The zero-order valence-corrected chi connectivity index (χ0v) is 23.5. The third-order valence-electron chi connectivity index (χ3n) is 7.43. The Kier molecular flexibility index (Phi) is 6.20. The Balaban J connectivity index is 1.41. The highest BCUT2D eigenvalue weighted by Crippen LogP contribution is 2.32. The van der Waals surface area contributed by atoms with Crippen molar-refractivity contribution in [1.82, 2.24) is 33.8 Å². The van der Waals surface area contributed by atoms with Gasteiger partial charge < -0.3 is 9.64 Å². The van der Waals surface area contributed by atoms with E-state index in [4.69, 9.17) is 4.74 Å². The molecular weight excluding hydrogens is 506 g/mol. The van der Waals surface area contributed by atoms with Crippen LogP contribution in [0.4, 0.5) is 4.79 Å². The van der Waals surface area contributed by atoms with Gasteiger partial charge in [0.05, 0.1) is 40.7 Å². The number of carbonyl (C=O) groups is 1. The summed E-state index contributed by atoms with van der Waals surface area (Å²) in [6.07, 6.45) is 8.58. The predicted molar refractivity (Wildman–Crippen MR) is 154 cm³/mol. The second-order valence-electron chi connectivity index (χ2n) is 11.5. The summed E-state index contributed by atoms with van der Waals surface area (Å²) in [6, 6.07) is 9.94. The molecule has 5 aromatic rings. The number of carbonyl (C=O) groups excluding carboxylic acids is 1. The molecular formula is C30H33N7O3. The van der Waals surface area contributed by atoms with Crippen LogP contribution >= 0.6 is 0 Å². The Morgan fingerprint density at radius 1 is 1.00 bits per heavy atom. The lowest BCUT2D eigenvalue weighted by atomic mass is 10.0. The zero-order chi connectivity index (χ0) is 28.2. The van der Waals surface area contributed by atoms with Crippen LogP contribution in [-0.4, -0.2) is 58.6 Å². The van der Waals surface area contributed by atoms with Crippen molar-refractivity contribution in [2.45, 2.75) is 45.3 Å². The average Bonchev–Trinajstić information content (AvgIpc) is 3.48. The van der Waals surface area contributed by atoms with Crippen LogP contribution in [0.5, 0.6) is 0 Å². The number of imidazole rings is 1. The molecule has 0 bridgehead atoms.